The van der Waals surface area contributed by atoms with Gasteiger partial charge in [0.1, 0.15) is 11.9 Å². The van der Waals surface area contributed by atoms with Crippen molar-refractivity contribution in [1.29, 1.82) is 0 Å². The maximum Gasteiger partial charge on any atom is 0.329 e. The number of hydrogen-bond donors (Lipinski definition) is 2. The molecule has 0 bridgehead atoms. The van der Waals surface area contributed by atoms with Gasteiger partial charge in [0.25, 0.3) is 0 Å². The minimum atomic E-state index is -0.601. The van der Waals surface area contributed by atoms with Crippen LogP contribution >= 0.6 is 0 Å². The van der Waals surface area contributed by atoms with Gasteiger partial charge in [-0.2, -0.15) is 4.98 Å². The van der Waals surface area contributed by atoms with Gasteiger partial charge in [0, 0.05) is 25.2 Å². The van der Waals surface area contributed by atoms with Gasteiger partial charge in [0.2, 0.25) is 11.8 Å². The van der Waals surface area contributed by atoms with Crippen LogP contribution in [-0.4, -0.2) is 41.8 Å². The van der Waals surface area contributed by atoms with Gasteiger partial charge in [-0.3, -0.25) is 10.1 Å². The molecule has 138 valence electrons. The van der Waals surface area contributed by atoms with E-state index in [1.807, 2.05) is 12.1 Å². The Bertz CT molecular complexity index is 775. The van der Waals surface area contributed by atoms with Gasteiger partial charge in [-0.05, 0) is 30.5 Å². The van der Waals surface area contributed by atoms with Gasteiger partial charge in [0.15, 0.2) is 0 Å². The molecule has 3 rings (SSSR count). The average Bonchev–Trinajstić information content (AvgIpc) is 2.67. The number of nitrogens with one attached hydrogen (secondary N) is 1. The number of methoxy groups -OCH3 is 1. The van der Waals surface area contributed by atoms with Crippen molar-refractivity contribution in [2.45, 2.75) is 18.3 Å². The van der Waals surface area contributed by atoms with E-state index in [9.17, 15) is 10.1 Å². The van der Waals surface area contributed by atoms with Crippen molar-refractivity contribution in [1.82, 2.24) is 9.97 Å². The summed E-state index contributed by atoms with van der Waals surface area (Å²) in [5.41, 5.74) is 6.36. The van der Waals surface area contributed by atoms with Crippen LogP contribution in [0.4, 0.5) is 17.5 Å². The number of anilines is 2. The molecule has 0 unspecified atom stereocenters. The molecule has 0 amide bonds. The average molecular weight is 359 g/mol. The van der Waals surface area contributed by atoms with E-state index >= 15 is 0 Å². The van der Waals surface area contributed by atoms with E-state index in [0.29, 0.717) is 19.8 Å². The fourth-order valence-corrected chi connectivity index (χ4v) is 3.14. The number of benzene rings is 1. The number of aromatic nitrogens is 2. The molecule has 0 atom stereocenters. The third-order valence-electron chi connectivity index (χ3n) is 4.73. The summed E-state index contributed by atoms with van der Waals surface area (Å²) < 4.78 is 10.8. The molecule has 0 saturated carbocycles. The molecule has 1 saturated heterocycles. The summed E-state index contributed by atoms with van der Waals surface area (Å²) in [6, 6.07) is 7.98. The molecule has 9 nitrogen and oxygen atoms in total. The minimum absolute atomic E-state index is 0.148. The van der Waals surface area contributed by atoms with Gasteiger partial charge in [-0.25, -0.2) is 4.98 Å². The van der Waals surface area contributed by atoms with E-state index in [2.05, 4.69) is 27.4 Å². The molecule has 1 fully saturated rings. The smallest absolute Gasteiger partial charge is 0.329 e. The number of rotatable bonds is 6. The highest BCUT2D eigenvalue weighted by molar-refractivity contribution is 5.53. The Balaban J connectivity index is 1.80. The monoisotopic (exact) mass is 359 g/mol. The summed E-state index contributed by atoms with van der Waals surface area (Å²) in [5, 5.41) is 14.0. The van der Waals surface area contributed by atoms with E-state index in [-0.39, 0.29) is 22.9 Å². The number of nitrogens with two attached hydrogens (primary N) is 1. The Morgan fingerprint density at radius 3 is 2.62 bits per heavy atom. The van der Waals surface area contributed by atoms with Gasteiger partial charge in [-0.1, -0.05) is 12.1 Å². The molecule has 2 aromatic rings. The SMILES string of the molecule is COc1ccc(C2(CNc3ncc([N+](=O)[O-])c(N)n3)CCOCC2)cc1. The van der Waals surface area contributed by atoms with Crippen LogP contribution in [0.3, 0.4) is 0 Å². The second-order valence-electron chi connectivity index (χ2n) is 6.20. The Morgan fingerprint density at radius 1 is 1.35 bits per heavy atom. The number of nitro groups is 1. The van der Waals surface area contributed by atoms with Crippen LogP contribution in [0, 0.1) is 10.1 Å². The van der Waals surface area contributed by atoms with E-state index in [1.165, 1.54) is 5.56 Å². The van der Waals surface area contributed by atoms with Crippen molar-refractivity contribution < 1.29 is 14.4 Å². The summed E-state index contributed by atoms with van der Waals surface area (Å²) in [6.07, 6.45) is 2.80. The van der Waals surface area contributed by atoms with Crippen LogP contribution in [0.25, 0.3) is 0 Å². The molecule has 2 heterocycles. The zero-order valence-electron chi connectivity index (χ0n) is 14.5. The lowest BCUT2D eigenvalue weighted by molar-refractivity contribution is -0.384. The van der Waals surface area contributed by atoms with Gasteiger partial charge in [-0.15, -0.1) is 0 Å². The highest BCUT2D eigenvalue weighted by Gasteiger charge is 2.34. The Hall–Kier alpha value is -2.94. The van der Waals surface area contributed by atoms with Crippen LogP contribution < -0.4 is 15.8 Å². The zero-order chi connectivity index (χ0) is 18.6. The van der Waals surface area contributed by atoms with Crippen molar-refractivity contribution >= 4 is 17.5 Å². The van der Waals surface area contributed by atoms with Crippen molar-refractivity contribution in [2.24, 2.45) is 0 Å². The maximum atomic E-state index is 10.8. The van der Waals surface area contributed by atoms with Crippen LogP contribution in [-0.2, 0) is 10.2 Å². The van der Waals surface area contributed by atoms with Crippen LogP contribution in [0.1, 0.15) is 18.4 Å². The lowest BCUT2D eigenvalue weighted by Crippen LogP contribution is -2.40. The first kappa shape index (κ1) is 17.9. The molecule has 1 aliphatic rings. The molecule has 26 heavy (non-hydrogen) atoms. The Kier molecular flexibility index (Phi) is 5.17. The molecule has 0 radical (unpaired) electrons. The van der Waals surface area contributed by atoms with Crippen molar-refractivity contribution in [3.8, 4) is 5.75 Å². The second kappa shape index (κ2) is 7.52. The van der Waals surface area contributed by atoms with E-state index in [0.717, 1.165) is 24.8 Å². The highest BCUT2D eigenvalue weighted by atomic mass is 16.6. The molecule has 1 aliphatic heterocycles. The van der Waals surface area contributed by atoms with Gasteiger partial charge >= 0.3 is 5.69 Å². The molecular formula is C17H21N5O4. The predicted molar refractivity (Wildman–Crippen MR) is 96.3 cm³/mol. The van der Waals surface area contributed by atoms with Crippen molar-refractivity contribution in [3.63, 3.8) is 0 Å². The number of nitrogens with zero attached hydrogens (tertiary/aromatic N) is 3. The third-order valence-corrected chi connectivity index (χ3v) is 4.73. The van der Waals surface area contributed by atoms with Crippen molar-refractivity contribution in [2.75, 3.05) is 37.9 Å². The third kappa shape index (κ3) is 3.67. The summed E-state index contributed by atoms with van der Waals surface area (Å²) in [5.74, 6) is 0.917. The Labute approximate surface area is 150 Å². The predicted octanol–water partition coefficient (Wildman–Crippen LogP) is 2.14. The standard InChI is InChI=1S/C17H21N5O4/c1-25-13-4-2-12(3-5-13)17(6-8-26-9-7-17)11-20-16-19-10-14(22(23)24)15(18)21-16/h2-5,10H,6-9,11H2,1H3,(H3,18,19,20,21). The quantitative estimate of drug-likeness (QED) is 0.593. The number of ether oxygens (including phenoxy) is 2. The zero-order valence-corrected chi connectivity index (χ0v) is 14.5. The van der Waals surface area contributed by atoms with Crippen LogP contribution in [0.15, 0.2) is 30.5 Å². The second-order valence-corrected chi connectivity index (χ2v) is 6.20. The van der Waals surface area contributed by atoms with E-state index in [4.69, 9.17) is 15.2 Å². The van der Waals surface area contributed by atoms with Gasteiger partial charge in [0.05, 0.1) is 12.0 Å². The normalized spacial score (nSPS) is 16.0. The van der Waals surface area contributed by atoms with Crippen molar-refractivity contribution in [3.05, 3.63) is 46.1 Å². The molecule has 1 aromatic heterocycles. The highest BCUT2D eigenvalue weighted by Crippen LogP contribution is 2.36. The molecule has 0 spiro atoms. The fourth-order valence-electron chi connectivity index (χ4n) is 3.14. The lowest BCUT2D eigenvalue weighted by atomic mass is 9.74. The van der Waals surface area contributed by atoms with Crippen LogP contribution in [0.2, 0.25) is 0 Å². The first-order valence-corrected chi connectivity index (χ1v) is 8.27. The largest absolute Gasteiger partial charge is 0.497 e. The number of nitrogen functional groups attached to an aromatic ring is 1. The van der Waals surface area contributed by atoms with Gasteiger partial charge < -0.3 is 20.5 Å². The summed E-state index contributed by atoms with van der Waals surface area (Å²) in [7, 11) is 1.64. The topological polar surface area (TPSA) is 125 Å². The van der Waals surface area contributed by atoms with Crippen LogP contribution in [0.5, 0.6) is 5.75 Å². The first-order chi connectivity index (χ1) is 12.5. The minimum Gasteiger partial charge on any atom is -0.497 e. The Morgan fingerprint density at radius 2 is 2.04 bits per heavy atom. The molecule has 9 heteroatoms. The summed E-state index contributed by atoms with van der Waals surface area (Å²) in [4.78, 5) is 18.2. The first-order valence-electron chi connectivity index (χ1n) is 8.27. The lowest BCUT2D eigenvalue weighted by Gasteiger charge is -2.38. The molecular weight excluding hydrogens is 338 g/mol. The van der Waals surface area contributed by atoms with E-state index in [1.54, 1.807) is 7.11 Å². The molecule has 0 aliphatic carbocycles. The summed E-state index contributed by atoms with van der Waals surface area (Å²) in [6.45, 7) is 1.90. The fraction of sp³-hybridized carbons (Fsp3) is 0.412. The molecule has 3 N–H and O–H groups in total. The maximum absolute atomic E-state index is 10.8. The summed E-state index contributed by atoms with van der Waals surface area (Å²) >= 11 is 0. The molecule has 1 aromatic carbocycles. The number of hydrogen-bond acceptors (Lipinski definition) is 8. The van der Waals surface area contributed by atoms with E-state index < -0.39 is 4.92 Å².